The van der Waals surface area contributed by atoms with Gasteiger partial charge in [0, 0.05) is 12.1 Å². The van der Waals surface area contributed by atoms with Crippen molar-refractivity contribution in [2.45, 2.75) is 38.6 Å². The lowest BCUT2D eigenvalue weighted by Gasteiger charge is -2.28. The SMILES string of the molecule is COc1ccc(N)c(NC2CCCC(C)C2)n1. The van der Waals surface area contributed by atoms with E-state index in [0.29, 0.717) is 17.6 Å². The molecule has 94 valence electrons. The second-order valence-electron chi connectivity index (χ2n) is 4.90. The molecule has 3 N–H and O–H groups in total. The lowest BCUT2D eigenvalue weighted by atomic mass is 9.87. The molecule has 1 aromatic rings. The Morgan fingerprint density at radius 2 is 2.24 bits per heavy atom. The van der Waals surface area contributed by atoms with Crippen LogP contribution in [0.15, 0.2) is 12.1 Å². The number of ether oxygens (including phenoxy) is 1. The number of nitrogens with one attached hydrogen (secondary N) is 1. The van der Waals surface area contributed by atoms with Gasteiger partial charge in [-0.25, -0.2) is 0 Å². The summed E-state index contributed by atoms with van der Waals surface area (Å²) in [7, 11) is 1.62. The van der Waals surface area contributed by atoms with Gasteiger partial charge in [-0.1, -0.05) is 19.8 Å². The second kappa shape index (κ2) is 5.25. The smallest absolute Gasteiger partial charge is 0.215 e. The third-order valence-corrected chi connectivity index (χ3v) is 3.39. The molecule has 0 aromatic carbocycles. The quantitative estimate of drug-likeness (QED) is 0.845. The average Bonchev–Trinajstić information content (AvgIpc) is 2.32. The predicted octanol–water partition coefficient (Wildman–Crippen LogP) is 2.66. The van der Waals surface area contributed by atoms with E-state index in [0.717, 1.165) is 11.7 Å². The molecule has 1 heterocycles. The Hall–Kier alpha value is -1.45. The van der Waals surface area contributed by atoms with Gasteiger partial charge < -0.3 is 15.8 Å². The fraction of sp³-hybridized carbons (Fsp3) is 0.615. The highest BCUT2D eigenvalue weighted by Gasteiger charge is 2.19. The number of hydrogen-bond acceptors (Lipinski definition) is 4. The molecule has 1 aromatic heterocycles. The Morgan fingerprint density at radius 3 is 2.94 bits per heavy atom. The minimum atomic E-state index is 0.487. The van der Waals surface area contributed by atoms with Crippen LogP contribution >= 0.6 is 0 Å². The summed E-state index contributed by atoms with van der Waals surface area (Å²) in [6, 6.07) is 4.10. The summed E-state index contributed by atoms with van der Waals surface area (Å²) >= 11 is 0. The normalized spacial score (nSPS) is 24.4. The molecule has 1 aliphatic carbocycles. The Kier molecular flexibility index (Phi) is 3.71. The van der Waals surface area contributed by atoms with Gasteiger partial charge in [-0.15, -0.1) is 0 Å². The topological polar surface area (TPSA) is 60.2 Å². The van der Waals surface area contributed by atoms with E-state index < -0.39 is 0 Å². The molecular formula is C13H21N3O. The van der Waals surface area contributed by atoms with Gasteiger partial charge in [0.15, 0.2) is 5.82 Å². The van der Waals surface area contributed by atoms with E-state index >= 15 is 0 Å². The molecule has 0 amide bonds. The maximum atomic E-state index is 5.92. The van der Waals surface area contributed by atoms with Crippen molar-refractivity contribution in [3.63, 3.8) is 0 Å². The number of aromatic nitrogens is 1. The van der Waals surface area contributed by atoms with Gasteiger partial charge in [-0.3, -0.25) is 0 Å². The van der Waals surface area contributed by atoms with Crippen LogP contribution in [0.3, 0.4) is 0 Å². The molecule has 1 saturated carbocycles. The van der Waals surface area contributed by atoms with E-state index in [9.17, 15) is 0 Å². The van der Waals surface area contributed by atoms with E-state index in [-0.39, 0.29) is 0 Å². The van der Waals surface area contributed by atoms with Crippen molar-refractivity contribution in [1.29, 1.82) is 0 Å². The van der Waals surface area contributed by atoms with Crippen molar-refractivity contribution in [3.8, 4) is 5.88 Å². The third-order valence-electron chi connectivity index (χ3n) is 3.39. The summed E-state index contributed by atoms with van der Waals surface area (Å²) in [6.07, 6.45) is 5.00. The number of anilines is 2. The molecule has 2 unspecified atom stereocenters. The maximum absolute atomic E-state index is 5.92. The molecule has 1 aliphatic rings. The summed E-state index contributed by atoms with van der Waals surface area (Å²) in [5.74, 6) is 2.14. The first kappa shape index (κ1) is 12.0. The van der Waals surface area contributed by atoms with Gasteiger partial charge in [0.2, 0.25) is 5.88 Å². The van der Waals surface area contributed by atoms with Crippen molar-refractivity contribution in [3.05, 3.63) is 12.1 Å². The predicted molar refractivity (Wildman–Crippen MR) is 70.2 cm³/mol. The third kappa shape index (κ3) is 3.02. The Labute approximate surface area is 103 Å². The number of hydrogen-bond donors (Lipinski definition) is 2. The first-order chi connectivity index (χ1) is 8.19. The molecule has 0 saturated heterocycles. The van der Waals surface area contributed by atoms with Crippen LogP contribution < -0.4 is 15.8 Å². The molecule has 2 atom stereocenters. The van der Waals surface area contributed by atoms with Gasteiger partial charge in [-0.2, -0.15) is 4.98 Å². The highest BCUT2D eigenvalue weighted by atomic mass is 16.5. The van der Waals surface area contributed by atoms with Crippen LogP contribution in [0.5, 0.6) is 5.88 Å². The first-order valence-corrected chi connectivity index (χ1v) is 6.26. The van der Waals surface area contributed by atoms with Crippen molar-refractivity contribution >= 4 is 11.5 Å². The lowest BCUT2D eigenvalue weighted by Crippen LogP contribution is -2.27. The van der Waals surface area contributed by atoms with Crippen molar-refractivity contribution in [2.24, 2.45) is 5.92 Å². The highest BCUT2D eigenvalue weighted by molar-refractivity contribution is 5.62. The molecule has 0 bridgehead atoms. The van der Waals surface area contributed by atoms with Crippen LogP contribution in [-0.2, 0) is 0 Å². The molecular weight excluding hydrogens is 214 g/mol. The Morgan fingerprint density at radius 1 is 1.41 bits per heavy atom. The number of nitrogens with zero attached hydrogens (tertiary/aromatic N) is 1. The first-order valence-electron chi connectivity index (χ1n) is 6.26. The van der Waals surface area contributed by atoms with Crippen LogP contribution in [0.25, 0.3) is 0 Å². The standard InChI is InChI=1S/C13H21N3O/c1-9-4-3-5-10(8-9)15-13-11(14)6-7-12(16-13)17-2/h6-7,9-10H,3-5,8,14H2,1-2H3,(H,15,16). The molecule has 1 fully saturated rings. The fourth-order valence-corrected chi connectivity index (χ4v) is 2.44. The second-order valence-corrected chi connectivity index (χ2v) is 4.90. The zero-order chi connectivity index (χ0) is 12.3. The van der Waals surface area contributed by atoms with E-state index in [4.69, 9.17) is 10.5 Å². The number of nitrogen functional groups attached to an aromatic ring is 1. The van der Waals surface area contributed by atoms with Crippen molar-refractivity contribution < 1.29 is 4.74 Å². The Bertz CT molecular complexity index is 381. The van der Waals surface area contributed by atoms with E-state index in [2.05, 4.69) is 17.2 Å². The summed E-state index contributed by atoms with van der Waals surface area (Å²) in [4.78, 5) is 4.35. The van der Waals surface area contributed by atoms with E-state index in [1.54, 1.807) is 13.2 Å². The lowest BCUT2D eigenvalue weighted by molar-refractivity contribution is 0.357. The average molecular weight is 235 g/mol. The molecule has 0 spiro atoms. The van der Waals surface area contributed by atoms with Gasteiger partial charge in [0.05, 0.1) is 12.8 Å². The van der Waals surface area contributed by atoms with E-state index in [1.165, 1.54) is 25.7 Å². The molecule has 4 heteroatoms. The van der Waals surface area contributed by atoms with Crippen LogP contribution in [0.4, 0.5) is 11.5 Å². The zero-order valence-corrected chi connectivity index (χ0v) is 10.6. The summed E-state index contributed by atoms with van der Waals surface area (Å²) in [5, 5.41) is 3.44. The molecule has 17 heavy (non-hydrogen) atoms. The highest BCUT2D eigenvalue weighted by Crippen LogP contribution is 2.28. The Balaban J connectivity index is 2.06. The van der Waals surface area contributed by atoms with Gasteiger partial charge in [-0.05, 0) is 24.8 Å². The number of methoxy groups -OCH3 is 1. The maximum Gasteiger partial charge on any atom is 0.215 e. The van der Waals surface area contributed by atoms with Crippen LogP contribution in [0, 0.1) is 5.92 Å². The van der Waals surface area contributed by atoms with Gasteiger partial charge in [0.1, 0.15) is 0 Å². The number of pyridine rings is 1. The van der Waals surface area contributed by atoms with Gasteiger partial charge in [0.25, 0.3) is 0 Å². The van der Waals surface area contributed by atoms with E-state index in [1.807, 2.05) is 6.07 Å². The van der Waals surface area contributed by atoms with Crippen LogP contribution in [0.1, 0.15) is 32.6 Å². The summed E-state index contributed by atoms with van der Waals surface area (Å²) < 4.78 is 5.11. The minimum absolute atomic E-state index is 0.487. The summed E-state index contributed by atoms with van der Waals surface area (Å²) in [5.41, 5.74) is 6.60. The molecule has 0 aliphatic heterocycles. The van der Waals surface area contributed by atoms with Crippen LogP contribution in [0.2, 0.25) is 0 Å². The van der Waals surface area contributed by atoms with Gasteiger partial charge >= 0.3 is 0 Å². The van der Waals surface area contributed by atoms with Crippen molar-refractivity contribution in [1.82, 2.24) is 4.98 Å². The molecule has 4 nitrogen and oxygen atoms in total. The summed E-state index contributed by atoms with van der Waals surface area (Å²) in [6.45, 7) is 2.30. The number of nitrogens with two attached hydrogens (primary N) is 1. The van der Waals surface area contributed by atoms with Crippen molar-refractivity contribution in [2.75, 3.05) is 18.2 Å². The molecule has 0 radical (unpaired) electrons. The number of rotatable bonds is 3. The monoisotopic (exact) mass is 235 g/mol. The van der Waals surface area contributed by atoms with Crippen LogP contribution in [-0.4, -0.2) is 18.1 Å². The largest absolute Gasteiger partial charge is 0.481 e. The zero-order valence-electron chi connectivity index (χ0n) is 10.6. The fourth-order valence-electron chi connectivity index (χ4n) is 2.44. The minimum Gasteiger partial charge on any atom is -0.481 e. The molecule has 2 rings (SSSR count).